The van der Waals surface area contributed by atoms with Gasteiger partial charge in [0.2, 0.25) is 0 Å². The van der Waals surface area contributed by atoms with Gasteiger partial charge in [0.25, 0.3) is 11.6 Å². The molecule has 0 atom stereocenters. The Hall–Kier alpha value is -2.44. The Labute approximate surface area is 109 Å². The first-order chi connectivity index (χ1) is 8.97. The van der Waals surface area contributed by atoms with E-state index in [2.05, 4.69) is 5.32 Å². The van der Waals surface area contributed by atoms with Crippen LogP contribution in [0.5, 0.6) is 0 Å². The van der Waals surface area contributed by atoms with Gasteiger partial charge in [-0.1, -0.05) is 13.3 Å². The third kappa shape index (κ3) is 3.77. The number of hydrogen-bond donors (Lipinski definition) is 2. The van der Waals surface area contributed by atoms with E-state index < -0.39 is 16.8 Å². The first-order valence-corrected chi connectivity index (χ1v) is 5.77. The number of unbranched alkanes of at least 4 members (excludes halogenated alkanes) is 1. The van der Waals surface area contributed by atoms with E-state index in [0.717, 1.165) is 31.0 Å². The van der Waals surface area contributed by atoms with Crippen molar-refractivity contribution in [3.05, 3.63) is 39.4 Å². The molecule has 0 aromatic heterocycles. The third-order valence-electron chi connectivity index (χ3n) is 2.50. The number of hydrogen-bond acceptors (Lipinski definition) is 4. The molecule has 7 heteroatoms. The van der Waals surface area contributed by atoms with Crippen molar-refractivity contribution < 1.29 is 19.6 Å². The van der Waals surface area contributed by atoms with Crippen molar-refractivity contribution in [3.63, 3.8) is 0 Å². The minimum Gasteiger partial charge on any atom is -0.478 e. The second kappa shape index (κ2) is 6.48. The van der Waals surface area contributed by atoms with Crippen LogP contribution in [0.25, 0.3) is 0 Å². The van der Waals surface area contributed by atoms with Crippen LogP contribution >= 0.6 is 0 Å². The maximum Gasteiger partial charge on any atom is 0.336 e. The average Bonchev–Trinajstić information content (AvgIpc) is 2.38. The van der Waals surface area contributed by atoms with Gasteiger partial charge in [-0.05, 0) is 12.5 Å². The highest BCUT2D eigenvalue weighted by Crippen LogP contribution is 2.18. The summed E-state index contributed by atoms with van der Waals surface area (Å²) >= 11 is 0. The standard InChI is InChI=1S/C12H14N2O5/c1-2-3-6-13-11(15)9-5-4-8(14(18)19)7-10(9)12(16)17/h4-5,7H,2-3,6H2,1H3,(H,13,15)(H,16,17). The van der Waals surface area contributed by atoms with E-state index in [9.17, 15) is 19.7 Å². The lowest BCUT2D eigenvalue weighted by molar-refractivity contribution is -0.384. The van der Waals surface area contributed by atoms with Crippen molar-refractivity contribution in [2.24, 2.45) is 0 Å². The Bertz CT molecular complexity index is 513. The molecule has 1 aromatic rings. The second-order valence-corrected chi connectivity index (χ2v) is 3.90. The molecule has 1 rings (SSSR count). The van der Waals surface area contributed by atoms with Crippen molar-refractivity contribution in [2.45, 2.75) is 19.8 Å². The van der Waals surface area contributed by atoms with Gasteiger partial charge in [-0.3, -0.25) is 14.9 Å². The predicted molar refractivity (Wildman–Crippen MR) is 67.3 cm³/mol. The molecule has 0 heterocycles. The molecule has 0 bridgehead atoms. The first kappa shape index (κ1) is 14.6. The first-order valence-electron chi connectivity index (χ1n) is 5.77. The lowest BCUT2D eigenvalue weighted by Crippen LogP contribution is -2.26. The molecule has 0 unspecified atom stereocenters. The quantitative estimate of drug-likeness (QED) is 0.463. The molecule has 1 aromatic carbocycles. The van der Waals surface area contributed by atoms with Gasteiger partial charge < -0.3 is 10.4 Å². The van der Waals surface area contributed by atoms with Gasteiger partial charge in [0.15, 0.2) is 0 Å². The molecule has 102 valence electrons. The number of aromatic carboxylic acids is 1. The summed E-state index contributed by atoms with van der Waals surface area (Å²) in [7, 11) is 0. The predicted octanol–water partition coefficient (Wildman–Crippen LogP) is 1.82. The lowest BCUT2D eigenvalue weighted by atomic mass is 10.1. The van der Waals surface area contributed by atoms with E-state index in [0.29, 0.717) is 6.54 Å². The number of nitrogens with one attached hydrogen (secondary N) is 1. The zero-order chi connectivity index (χ0) is 14.4. The normalized spacial score (nSPS) is 9.95. The monoisotopic (exact) mass is 266 g/mol. The number of rotatable bonds is 6. The highest BCUT2D eigenvalue weighted by molar-refractivity contribution is 6.05. The van der Waals surface area contributed by atoms with Gasteiger partial charge in [0, 0.05) is 18.7 Å². The molecule has 0 saturated carbocycles. The fraction of sp³-hybridized carbons (Fsp3) is 0.333. The second-order valence-electron chi connectivity index (χ2n) is 3.90. The van der Waals surface area contributed by atoms with Crippen LogP contribution in [-0.2, 0) is 0 Å². The number of non-ortho nitro benzene ring substituents is 1. The van der Waals surface area contributed by atoms with Crippen LogP contribution in [0.3, 0.4) is 0 Å². The molecule has 2 N–H and O–H groups in total. The van der Waals surface area contributed by atoms with Crippen LogP contribution < -0.4 is 5.32 Å². The van der Waals surface area contributed by atoms with Crippen LogP contribution in [0.1, 0.15) is 40.5 Å². The number of nitro benzene ring substituents is 1. The minimum atomic E-state index is -1.37. The fourth-order valence-electron chi connectivity index (χ4n) is 1.49. The summed E-state index contributed by atoms with van der Waals surface area (Å²) in [5.74, 6) is -1.91. The largest absolute Gasteiger partial charge is 0.478 e. The number of nitro groups is 1. The van der Waals surface area contributed by atoms with E-state index in [1.807, 2.05) is 6.92 Å². The van der Waals surface area contributed by atoms with E-state index in [-0.39, 0.29) is 16.8 Å². The summed E-state index contributed by atoms with van der Waals surface area (Å²) in [6.07, 6.45) is 1.67. The highest BCUT2D eigenvalue weighted by atomic mass is 16.6. The van der Waals surface area contributed by atoms with Crippen molar-refractivity contribution >= 4 is 17.6 Å². The van der Waals surface area contributed by atoms with Gasteiger partial charge in [-0.15, -0.1) is 0 Å². The number of amides is 1. The lowest BCUT2D eigenvalue weighted by Gasteiger charge is -2.07. The molecule has 0 radical (unpaired) electrons. The number of carbonyl (C=O) groups excluding carboxylic acids is 1. The van der Waals surface area contributed by atoms with E-state index in [4.69, 9.17) is 5.11 Å². The molecule has 1 amide bonds. The number of carboxylic acid groups (broad SMARTS) is 1. The van der Waals surface area contributed by atoms with Gasteiger partial charge in [0.05, 0.1) is 16.1 Å². The Morgan fingerprint density at radius 3 is 2.58 bits per heavy atom. The highest BCUT2D eigenvalue weighted by Gasteiger charge is 2.20. The minimum absolute atomic E-state index is 0.0748. The summed E-state index contributed by atoms with van der Waals surface area (Å²) in [5.41, 5.74) is -0.806. The maximum absolute atomic E-state index is 11.8. The van der Waals surface area contributed by atoms with Crippen LogP contribution in [-0.4, -0.2) is 28.5 Å². The SMILES string of the molecule is CCCCNC(=O)c1ccc([N+](=O)[O-])cc1C(=O)O. The molecule has 0 spiro atoms. The summed E-state index contributed by atoms with van der Waals surface area (Å²) < 4.78 is 0. The van der Waals surface area contributed by atoms with Gasteiger partial charge in [0.1, 0.15) is 0 Å². The Balaban J connectivity index is 3.03. The van der Waals surface area contributed by atoms with Gasteiger partial charge in [-0.2, -0.15) is 0 Å². The molecule has 19 heavy (non-hydrogen) atoms. The van der Waals surface area contributed by atoms with E-state index >= 15 is 0 Å². The molecule has 0 fully saturated rings. The van der Waals surface area contributed by atoms with Crippen molar-refractivity contribution in [2.75, 3.05) is 6.54 Å². The van der Waals surface area contributed by atoms with Gasteiger partial charge >= 0.3 is 5.97 Å². The molecule has 7 nitrogen and oxygen atoms in total. The zero-order valence-corrected chi connectivity index (χ0v) is 10.4. The molecule has 0 aliphatic heterocycles. The Morgan fingerprint density at radius 2 is 2.05 bits per heavy atom. The molecule has 0 aliphatic rings. The summed E-state index contributed by atoms with van der Waals surface area (Å²) in [6.45, 7) is 2.39. The van der Waals surface area contributed by atoms with Crippen LogP contribution in [0, 0.1) is 10.1 Å². The van der Waals surface area contributed by atoms with Crippen molar-refractivity contribution in [1.82, 2.24) is 5.32 Å². The number of benzene rings is 1. The topological polar surface area (TPSA) is 110 Å². The molecule has 0 aliphatic carbocycles. The number of nitrogens with zero attached hydrogens (tertiary/aromatic N) is 1. The van der Waals surface area contributed by atoms with E-state index in [1.54, 1.807) is 0 Å². The van der Waals surface area contributed by atoms with Crippen LogP contribution in [0.15, 0.2) is 18.2 Å². The maximum atomic E-state index is 11.8. The Kier molecular flexibility index (Phi) is 4.99. The third-order valence-corrected chi connectivity index (χ3v) is 2.50. The van der Waals surface area contributed by atoms with Crippen LogP contribution in [0.4, 0.5) is 5.69 Å². The molecular formula is C12H14N2O5. The summed E-state index contributed by atoms with van der Waals surface area (Å²) in [6, 6.07) is 3.15. The number of carboxylic acids is 1. The van der Waals surface area contributed by atoms with Gasteiger partial charge in [-0.25, -0.2) is 4.79 Å². The summed E-state index contributed by atoms with van der Waals surface area (Å²) in [5, 5.41) is 22.1. The Morgan fingerprint density at radius 1 is 1.37 bits per heavy atom. The van der Waals surface area contributed by atoms with E-state index in [1.165, 1.54) is 0 Å². The smallest absolute Gasteiger partial charge is 0.336 e. The molecular weight excluding hydrogens is 252 g/mol. The summed E-state index contributed by atoms with van der Waals surface area (Å²) in [4.78, 5) is 32.7. The van der Waals surface area contributed by atoms with Crippen molar-refractivity contribution in [3.8, 4) is 0 Å². The zero-order valence-electron chi connectivity index (χ0n) is 10.4. The molecule has 0 saturated heterocycles. The number of carbonyl (C=O) groups is 2. The van der Waals surface area contributed by atoms with Crippen molar-refractivity contribution in [1.29, 1.82) is 0 Å². The van der Waals surface area contributed by atoms with Crippen LogP contribution in [0.2, 0.25) is 0 Å². The fourth-order valence-corrected chi connectivity index (χ4v) is 1.49. The average molecular weight is 266 g/mol.